The van der Waals surface area contributed by atoms with Crippen LogP contribution in [0.25, 0.3) is 0 Å². The van der Waals surface area contributed by atoms with Gasteiger partial charge in [0, 0.05) is 23.8 Å². The highest BCUT2D eigenvalue weighted by atomic mass is 16.6. The van der Waals surface area contributed by atoms with E-state index < -0.39 is 0 Å². The third-order valence-electron chi connectivity index (χ3n) is 10.2. The van der Waals surface area contributed by atoms with Crippen LogP contribution in [-0.2, 0) is 9.63 Å². The average molecular weight is 430 g/mol. The number of ketones is 1. The Kier molecular flexibility index (Phi) is 5.43. The largest absolute Gasteiger partial charge is 0.411 e. The normalized spacial score (nSPS) is 50.1. The number of carbonyl (C=O) groups is 1. The van der Waals surface area contributed by atoms with Crippen molar-refractivity contribution in [2.24, 2.45) is 50.5 Å². The Bertz CT molecular complexity index is 787. The lowest BCUT2D eigenvalue weighted by atomic mass is 9.45. The van der Waals surface area contributed by atoms with Crippen molar-refractivity contribution in [2.45, 2.75) is 103 Å². The van der Waals surface area contributed by atoms with Crippen molar-refractivity contribution in [1.82, 2.24) is 0 Å². The van der Waals surface area contributed by atoms with E-state index in [0.29, 0.717) is 29.6 Å². The van der Waals surface area contributed by atoms with Crippen LogP contribution in [0.15, 0.2) is 10.3 Å². The first kappa shape index (κ1) is 21.4. The molecule has 0 saturated heterocycles. The molecule has 5 aliphatic rings. The zero-order valence-electron chi connectivity index (χ0n) is 19.2. The van der Waals surface area contributed by atoms with Gasteiger partial charge in [0.25, 0.3) is 0 Å². The molecular formula is C25H39N3O3. The summed E-state index contributed by atoms with van der Waals surface area (Å²) in [5.41, 5.74) is 8.03. The van der Waals surface area contributed by atoms with E-state index in [1.54, 1.807) is 0 Å². The first-order valence-corrected chi connectivity index (χ1v) is 12.6. The highest BCUT2D eigenvalue weighted by molar-refractivity contribution is 5.96. The van der Waals surface area contributed by atoms with Crippen LogP contribution in [0.1, 0.15) is 90.9 Å². The minimum absolute atomic E-state index is 0.119. The maximum atomic E-state index is 12.7. The highest BCUT2D eigenvalue weighted by Gasteiger charge is 2.61. The van der Waals surface area contributed by atoms with Crippen LogP contribution in [0, 0.1) is 34.5 Å². The lowest BCUT2D eigenvalue weighted by molar-refractivity contribution is -0.133. The summed E-state index contributed by atoms with van der Waals surface area (Å²) in [6.45, 7) is 4.62. The van der Waals surface area contributed by atoms with Gasteiger partial charge in [0.15, 0.2) is 0 Å². The Morgan fingerprint density at radius 3 is 2.52 bits per heavy atom. The second-order valence-corrected chi connectivity index (χ2v) is 11.7. The maximum Gasteiger partial charge on any atom is 0.139 e. The molecule has 0 aromatic rings. The molecule has 0 heterocycles. The molecule has 5 saturated carbocycles. The third-order valence-corrected chi connectivity index (χ3v) is 10.2. The fourth-order valence-corrected chi connectivity index (χ4v) is 8.18. The molecule has 5 aliphatic carbocycles. The summed E-state index contributed by atoms with van der Waals surface area (Å²) in [6, 6.07) is 0.314. The van der Waals surface area contributed by atoms with E-state index in [1.807, 2.05) is 0 Å². The van der Waals surface area contributed by atoms with E-state index in [-0.39, 0.29) is 22.9 Å². The van der Waals surface area contributed by atoms with E-state index in [0.717, 1.165) is 88.5 Å². The Balaban J connectivity index is 1.33. The maximum absolute atomic E-state index is 12.7. The minimum Gasteiger partial charge on any atom is -0.411 e. The molecule has 0 amide bonds. The van der Waals surface area contributed by atoms with Gasteiger partial charge in [-0.1, -0.05) is 24.2 Å². The van der Waals surface area contributed by atoms with Gasteiger partial charge >= 0.3 is 0 Å². The third kappa shape index (κ3) is 3.44. The predicted molar refractivity (Wildman–Crippen MR) is 120 cm³/mol. The minimum atomic E-state index is -0.150. The van der Waals surface area contributed by atoms with Crippen LogP contribution in [0.3, 0.4) is 0 Å². The number of oxime groups is 2. The molecule has 172 valence electrons. The van der Waals surface area contributed by atoms with Crippen LogP contribution in [0.4, 0.5) is 0 Å². The summed E-state index contributed by atoms with van der Waals surface area (Å²) in [7, 11) is 0. The first-order valence-electron chi connectivity index (χ1n) is 12.6. The van der Waals surface area contributed by atoms with Gasteiger partial charge in [-0.2, -0.15) is 0 Å². The van der Waals surface area contributed by atoms with Crippen molar-refractivity contribution in [3.05, 3.63) is 0 Å². The molecule has 6 nitrogen and oxygen atoms in total. The molecule has 31 heavy (non-hydrogen) atoms. The predicted octanol–water partition coefficient (Wildman–Crippen LogP) is 4.68. The Morgan fingerprint density at radius 1 is 1.00 bits per heavy atom. The van der Waals surface area contributed by atoms with Gasteiger partial charge in [0.1, 0.15) is 11.9 Å². The van der Waals surface area contributed by atoms with Crippen molar-refractivity contribution in [3.8, 4) is 0 Å². The van der Waals surface area contributed by atoms with Crippen molar-refractivity contribution in [3.63, 3.8) is 0 Å². The van der Waals surface area contributed by atoms with Crippen LogP contribution < -0.4 is 5.73 Å². The highest BCUT2D eigenvalue weighted by Crippen LogP contribution is 2.64. The van der Waals surface area contributed by atoms with Crippen LogP contribution in [0.5, 0.6) is 0 Å². The number of hydrogen-bond donors (Lipinski definition) is 2. The summed E-state index contributed by atoms with van der Waals surface area (Å²) in [5, 5.41) is 18.4. The Morgan fingerprint density at radius 2 is 1.77 bits per heavy atom. The van der Waals surface area contributed by atoms with Gasteiger partial charge in [-0.05, 0) is 93.8 Å². The van der Waals surface area contributed by atoms with E-state index >= 15 is 0 Å². The molecule has 6 heteroatoms. The van der Waals surface area contributed by atoms with E-state index in [9.17, 15) is 10.0 Å². The quantitative estimate of drug-likeness (QED) is 0.492. The van der Waals surface area contributed by atoms with Crippen molar-refractivity contribution in [1.29, 1.82) is 0 Å². The van der Waals surface area contributed by atoms with Crippen molar-refractivity contribution < 1.29 is 14.8 Å². The SMILES string of the molecule is C[C@]12CCC(=NOC3CCC(N)CC3)CC1C(=NO)C[C@@H]1[C@@H]2CC[C@]2(C)C(=O)CC[C@@H]12. The van der Waals surface area contributed by atoms with Gasteiger partial charge in [-0.15, -0.1) is 0 Å². The van der Waals surface area contributed by atoms with Gasteiger partial charge in [-0.25, -0.2) is 0 Å². The molecule has 0 aromatic heterocycles. The monoisotopic (exact) mass is 429 g/mol. The smallest absolute Gasteiger partial charge is 0.139 e. The molecule has 0 spiro atoms. The van der Waals surface area contributed by atoms with Gasteiger partial charge in [0.05, 0.1) is 11.4 Å². The number of carbonyl (C=O) groups excluding carboxylic acids is 1. The van der Waals surface area contributed by atoms with Gasteiger partial charge in [0.2, 0.25) is 0 Å². The fraction of sp³-hybridized carbons (Fsp3) is 0.880. The van der Waals surface area contributed by atoms with E-state index in [4.69, 9.17) is 10.6 Å². The van der Waals surface area contributed by atoms with Gasteiger partial charge < -0.3 is 15.8 Å². The van der Waals surface area contributed by atoms with Crippen LogP contribution in [-0.4, -0.2) is 34.6 Å². The molecule has 0 aliphatic heterocycles. The number of nitrogens with zero attached hydrogens (tertiary/aromatic N) is 2. The van der Waals surface area contributed by atoms with E-state index in [2.05, 4.69) is 24.2 Å². The zero-order chi connectivity index (χ0) is 21.8. The van der Waals surface area contributed by atoms with Crippen molar-refractivity contribution in [2.75, 3.05) is 0 Å². The second-order valence-electron chi connectivity index (χ2n) is 11.7. The first-order chi connectivity index (χ1) is 14.8. The zero-order valence-corrected chi connectivity index (χ0v) is 19.2. The average Bonchev–Trinajstić information content (AvgIpc) is 3.07. The molecule has 5 rings (SSSR count). The Hall–Kier alpha value is -1.43. The summed E-state index contributed by atoms with van der Waals surface area (Å²) < 4.78 is 0. The molecular weight excluding hydrogens is 390 g/mol. The second kappa shape index (κ2) is 7.86. The molecule has 0 aromatic carbocycles. The molecule has 0 radical (unpaired) electrons. The van der Waals surface area contributed by atoms with Crippen LogP contribution >= 0.6 is 0 Å². The lowest BCUT2D eigenvalue weighted by Gasteiger charge is -2.59. The number of nitrogens with two attached hydrogens (primary N) is 1. The summed E-state index contributed by atoms with van der Waals surface area (Å²) in [5.74, 6) is 2.22. The summed E-state index contributed by atoms with van der Waals surface area (Å²) in [4.78, 5) is 18.6. The molecule has 1 unspecified atom stereocenters. The van der Waals surface area contributed by atoms with Crippen LogP contribution in [0.2, 0.25) is 0 Å². The fourth-order valence-electron chi connectivity index (χ4n) is 8.18. The molecule has 0 bridgehead atoms. The summed E-state index contributed by atoms with van der Waals surface area (Å²) >= 11 is 0. The molecule has 6 atom stereocenters. The topological polar surface area (TPSA) is 97.3 Å². The number of Topliss-reactive ketones (excluding diaryl/α,β-unsaturated/α-hetero) is 1. The lowest BCUT2D eigenvalue weighted by Crippen LogP contribution is -2.56. The van der Waals surface area contributed by atoms with Crippen molar-refractivity contribution >= 4 is 17.2 Å². The molecule has 5 fully saturated rings. The van der Waals surface area contributed by atoms with Gasteiger partial charge in [-0.3, -0.25) is 4.79 Å². The number of hydrogen-bond acceptors (Lipinski definition) is 6. The standard InChI is InChI=1S/C25H39N3O3/c1-24-11-9-16(28-31-17-5-3-15(26)4-6-17)13-21(24)22(27-30)14-18-19-7-8-23(29)25(19,2)12-10-20(18)24/h15,17-21,30H,3-14,26H2,1-2H3/t15?,17?,18-,19-,20-,21?,24+,25-/m0/s1. The van der Waals surface area contributed by atoms with E-state index in [1.165, 1.54) is 0 Å². The Labute approximate surface area is 186 Å². The number of rotatable bonds is 2. The number of fused-ring (bicyclic) bond motifs is 5. The molecule has 3 N–H and O–H groups in total. The summed E-state index contributed by atoms with van der Waals surface area (Å²) in [6.07, 6.45) is 11.8.